The molecule has 2 aromatic rings. The number of carbonyl (C=O) groups is 1. The van der Waals surface area contributed by atoms with Crippen LogP contribution in [0.3, 0.4) is 0 Å². The van der Waals surface area contributed by atoms with E-state index in [2.05, 4.69) is 49.8 Å². The van der Waals surface area contributed by atoms with Gasteiger partial charge in [-0.15, -0.1) is 0 Å². The van der Waals surface area contributed by atoms with Crippen LogP contribution in [0.15, 0.2) is 48.5 Å². The Kier molecular flexibility index (Phi) is 6.71. The van der Waals surface area contributed by atoms with Gasteiger partial charge in [-0.05, 0) is 66.0 Å². The molecule has 0 spiro atoms. The Morgan fingerprint density at radius 1 is 0.933 bits per heavy atom. The second-order valence-electron chi connectivity index (χ2n) is 8.83. The van der Waals surface area contributed by atoms with Crippen molar-refractivity contribution in [1.29, 1.82) is 0 Å². The second kappa shape index (κ2) is 9.09. The maximum Gasteiger partial charge on any atom is 0.513 e. The molecule has 0 aliphatic heterocycles. The third-order valence-corrected chi connectivity index (χ3v) is 6.71. The minimum absolute atomic E-state index is 0.0987. The van der Waals surface area contributed by atoms with Gasteiger partial charge in [-0.25, -0.2) is 4.79 Å². The van der Waals surface area contributed by atoms with Crippen molar-refractivity contribution in [2.75, 3.05) is 21.0 Å². The van der Waals surface area contributed by atoms with Gasteiger partial charge in [0.15, 0.2) is 6.79 Å². The van der Waals surface area contributed by atoms with Gasteiger partial charge in [-0.2, -0.15) is 0 Å². The second-order valence-corrected chi connectivity index (χ2v) is 8.83. The summed E-state index contributed by atoms with van der Waals surface area (Å²) in [4.78, 5) is 11.4. The van der Waals surface area contributed by atoms with Crippen molar-refractivity contribution in [2.45, 2.75) is 45.4 Å². The van der Waals surface area contributed by atoms with E-state index in [9.17, 15) is 4.79 Å². The lowest BCUT2D eigenvalue weighted by atomic mass is 9.56. The molecule has 5 nitrogen and oxygen atoms in total. The zero-order valence-electron chi connectivity index (χ0n) is 18.6. The first-order chi connectivity index (χ1) is 14.3. The molecule has 0 bridgehead atoms. The molecule has 162 valence electrons. The highest BCUT2D eigenvalue weighted by molar-refractivity contribution is 5.63. The Balaban J connectivity index is 1.96. The molecule has 5 heteroatoms. The van der Waals surface area contributed by atoms with Gasteiger partial charge >= 0.3 is 6.16 Å². The maximum atomic E-state index is 11.4. The fourth-order valence-corrected chi connectivity index (χ4v) is 4.35. The summed E-state index contributed by atoms with van der Waals surface area (Å²) in [6, 6.07) is 16.2. The SMILES string of the molecule is COCOc1ccc(C2(c3ccc(OC(=O)OC)cc3)CCC(C)(C)C(C)C2)cc1. The Bertz CT molecular complexity index is 841. The van der Waals surface area contributed by atoms with Crippen LogP contribution in [0.2, 0.25) is 0 Å². The first-order valence-electron chi connectivity index (χ1n) is 10.4. The van der Waals surface area contributed by atoms with Crippen molar-refractivity contribution in [1.82, 2.24) is 0 Å². The minimum atomic E-state index is -0.711. The van der Waals surface area contributed by atoms with Crippen LogP contribution in [0, 0.1) is 11.3 Å². The van der Waals surface area contributed by atoms with E-state index in [0.29, 0.717) is 17.1 Å². The third kappa shape index (κ3) is 4.62. The van der Waals surface area contributed by atoms with E-state index in [1.54, 1.807) is 7.11 Å². The standard InChI is InChI=1S/C25H32O5/c1-18-16-25(15-14-24(18,2)3,19-6-10-21(11-7-19)29-17-27-4)20-8-12-22(13-9-20)30-23(26)28-5/h6-13,18H,14-17H2,1-5H3. The molecular weight excluding hydrogens is 380 g/mol. The summed E-state index contributed by atoms with van der Waals surface area (Å²) in [6.07, 6.45) is 2.53. The molecular formula is C25H32O5. The number of carbonyl (C=O) groups excluding carboxylic acids is 1. The van der Waals surface area contributed by atoms with Crippen LogP contribution in [0.1, 0.15) is 51.2 Å². The van der Waals surface area contributed by atoms with Crippen molar-refractivity contribution in [2.24, 2.45) is 11.3 Å². The summed E-state index contributed by atoms with van der Waals surface area (Å²) >= 11 is 0. The summed E-state index contributed by atoms with van der Waals surface area (Å²) in [5, 5.41) is 0. The molecule has 0 saturated heterocycles. The topological polar surface area (TPSA) is 54.0 Å². The smallest absolute Gasteiger partial charge is 0.468 e. The van der Waals surface area contributed by atoms with Crippen molar-refractivity contribution in [3.05, 3.63) is 59.7 Å². The molecule has 0 amide bonds. The zero-order chi connectivity index (χ0) is 21.8. The van der Waals surface area contributed by atoms with E-state index < -0.39 is 6.16 Å². The van der Waals surface area contributed by atoms with Gasteiger partial charge in [0.25, 0.3) is 0 Å². The molecule has 1 fully saturated rings. The molecule has 0 heterocycles. The highest BCUT2D eigenvalue weighted by Gasteiger charge is 2.44. The number of hydrogen-bond donors (Lipinski definition) is 0. The molecule has 0 aromatic heterocycles. The number of ether oxygens (including phenoxy) is 4. The fraction of sp³-hybridized carbons (Fsp3) is 0.480. The molecule has 1 aliphatic rings. The van der Waals surface area contributed by atoms with Gasteiger partial charge in [0.1, 0.15) is 11.5 Å². The van der Waals surface area contributed by atoms with Gasteiger partial charge in [-0.3, -0.25) is 0 Å². The van der Waals surface area contributed by atoms with Crippen LogP contribution in [0.4, 0.5) is 4.79 Å². The summed E-state index contributed by atoms with van der Waals surface area (Å²) in [5.74, 6) is 1.83. The van der Waals surface area contributed by atoms with E-state index in [1.807, 2.05) is 24.3 Å². The van der Waals surface area contributed by atoms with Crippen molar-refractivity contribution < 1.29 is 23.7 Å². The molecule has 2 aromatic carbocycles. The van der Waals surface area contributed by atoms with Crippen LogP contribution in [-0.4, -0.2) is 27.2 Å². The fourth-order valence-electron chi connectivity index (χ4n) is 4.35. The van der Waals surface area contributed by atoms with E-state index in [1.165, 1.54) is 18.2 Å². The van der Waals surface area contributed by atoms with Crippen LogP contribution < -0.4 is 9.47 Å². The quantitative estimate of drug-likeness (QED) is 0.333. The molecule has 30 heavy (non-hydrogen) atoms. The summed E-state index contributed by atoms with van der Waals surface area (Å²) < 4.78 is 20.3. The van der Waals surface area contributed by atoms with E-state index >= 15 is 0 Å². The van der Waals surface area contributed by atoms with Gasteiger partial charge in [0.05, 0.1) is 7.11 Å². The van der Waals surface area contributed by atoms with Crippen molar-refractivity contribution >= 4 is 6.16 Å². The molecule has 1 saturated carbocycles. The van der Waals surface area contributed by atoms with Gasteiger partial charge in [0, 0.05) is 12.5 Å². The summed E-state index contributed by atoms with van der Waals surface area (Å²) in [6.45, 7) is 7.29. The molecule has 2 unspecified atom stereocenters. The maximum absolute atomic E-state index is 11.4. The van der Waals surface area contributed by atoms with Crippen molar-refractivity contribution in [3.63, 3.8) is 0 Å². The van der Waals surface area contributed by atoms with Gasteiger partial charge < -0.3 is 18.9 Å². The normalized spacial score (nSPS) is 22.9. The Labute approximate surface area is 179 Å². The number of hydrogen-bond acceptors (Lipinski definition) is 5. The average Bonchev–Trinajstić information content (AvgIpc) is 2.75. The van der Waals surface area contributed by atoms with Crippen LogP contribution in [-0.2, 0) is 14.9 Å². The number of rotatable bonds is 6. The third-order valence-electron chi connectivity index (χ3n) is 6.71. The molecule has 1 aliphatic carbocycles. The summed E-state index contributed by atoms with van der Waals surface area (Å²) in [5.41, 5.74) is 2.71. The van der Waals surface area contributed by atoms with Crippen LogP contribution in [0.25, 0.3) is 0 Å². The largest absolute Gasteiger partial charge is 0.513 e. The Morgan fingerprint density at radius 2 is 1.50 bits per heavy atom. The van der Waals surface area contributed by atoms with Gasteiger partial charge in [-0.1, -0.05) is 45.0 Å². The van der Waals surface area contributed by atoms with E-state index in [-0.39, 0.29) is 12.2 Å². The molecule has 0 radical (unpaired) electrons. The van der Waals surface area contributed by atoms with Crippen molar-refractivity contribution in [3.8, 4) is 11.5 Å². The Morgan fingerprint density at radius 3 is 2.00 bits per heavy atom. The first-order valence-corrected chi connectivity index (χ1v) is 10.4. The monoisotopic (exact) mass is 412 g/mol. The first kappa shape index (κ1) is 22.2. The van der Waals surface area contributed by atoms with Crippen LogP contribution in [0.5, 0.6) is 11.5 Å². The number of methoxy groups -OCH3 is 2. The Hall–Kier alpha value is -2.53. The molecule has 3 rings (SSSR count). The highest BCUT2D eigenvalue weighted by atomic mass is 16.7. The van der Waals surface area contributed by atoms with E-state index in [0.717, 1.165) is 25.0 Å². The van der Waals surface area contributed by atoms with Crippen LogP contribution >= 0.6 is 0 Å². The zero-order valence-corrected chi connectivity index (χ0v) is 18.6. The summed E-state index contributed by atoms with van der Waals surface area (Å²) in [7, 11) is 2.92. The average molecular weight is 413 g/mol. The van der Waals surface area contributed by atoms with E-state index in [4.69, 9.17) is 14.2 Å². The number of benzene rings is 2. The lowest BCUT2D eigenvalue weighted by Gasteiger charge is -2.48. The highest BCUT2D eigenvalue weighted by Crippen LogP contribution is 2.53. The predicted octanol–water partition coefficient (Wildman–Crippen LogP) is 5.95. The molecule has 2 atom stereocenters. The molecule has 0 N–H and O–H groups in total. The minimum Gasteiger partial charge on any atom is -0.468 e. The lowest BCUT2D eigenvalue weighted by molar-refractivity contribution is 0.0510. The van der Waals surface area contributed by atoms with Gasteiger partial charge in [0.2, 0.25) is 0 Å². The lowest BCUT2D eigenvalue weighted by Crippen LogP contribution is -2.40. The predicted molar refractivity (Wildman–Crippen MR) is 116 cm³/mol.